The molecule has 162 valence electrons. The Labute approximate surface area is 171 Å². The van der Waals surface area contributed by atoms with Gasteiger partial charge >= 0.3 is 6.18 Å². The summed E-state index contributed by atoms with van der Waals surface area (Å²) in [4.78, 5) is 10.2. The van der Waals surface area contributed by atoms with E-state index in [0.717, 1.165) is 18.2 Å². The normalized spacial score (nSPS) is 15.8. The van der Waals surface area contributed by atoms with Crippen molar-refractivity contribution < 1.29 is 31.1 Å². The summed E-state index contributed by atoms with van der Waals surface area (Å²) in [5.74, 6) is -0.752. The molecule has 1 aliphatic rings. The van der Waals surface area contributed by atoms with Crippen molar-refractivity contribution in [2.75, 3.05) is 18.9 Å². The molecule has 1 aliphatic heterocycles. The summed E-state index contributed by atoms with van der Waals surface area (Å²) in [5, 5.41) is 0. The molecule has 0 spiro atoms. The van der Waals surface area contributed by atoms with Crippen LogP contribution in [0.25, 0.3) is 0 Å². The number of anilines is 1. The lowest BCUT2D eigenvalue weighted by atomic mass is 9.89. The van der Waals surface area contributed by atoms with Crippen molar-refractivity contribution in [3.63, 3.8) is 0 Å². The van der Waals surface area contributed by atoms with Crippen LogP contribution in [0, 0.1) is 5.92 Å². The second-order valence-corrected chi connectivity index (χ2v) is 9.08. The topological polar surface area (TPSA) is 112 Å². The SMILES string of the molecule is NC(=O)c1ccc(S(=O)(=O)c2ccc(CC3CCOCC3)c(C(F)(F)F)c2N)cc1. The van der Waals surface area contributed by atoms with Gasteiger partial charge in [0.25, 0.3) is 0 Å². The summed E-state index contributed by atoms with van der Waals surface area (Å²) in [6.45, 7) is 0.963. The van der Waals surface area contributed by atoms with Crippen molar-refractivity contribution in [3.8, 4) is 0 Å². The Bertz CT molecular complexity index is 1040. The van der Waals surface area contributed by atoms with Crippen LogP contribution in [0.3, 0.4) is 0 Å². The minimum absolute atomic E-state index is 0.00283. The summed E-state index contributed by atoms with van der Waals surface area (Å²) >= 11 is 0. The average molecular weight is 442 g/mol. The van der Waals surface area contributed by atoms with Gasteiger partial charge < -0.3 is 16.2 Å². The number of amides is 1. The van der Waals surface area contributed by atoms with E-state index in [9.17, 15) is 26.4 Å². The van der Waals surface area contributed by atoms with Crippen molar-refractivity contribution in [1.29, 1.82) is 0 Å². The van der Waals surface area contributed by atoms with E-state index in [2.05, 4.69) is 0 Å². The van der Waals surface area contributed by atoms with E-state index in [1.54, 1.807) is 0 Å². The first-order chi connectivity index (χ1) is 14.0. The fourth-order valence-electron chi connectivity index (χ4n) is 3.57. The van der Waals surface area contributed by atoms with Crippen molar-refractivity contribution in [3.05, 3.63) is 53.1 Å². The van der Waals surface area contributed by atoms with Gasteiger partial charge in [-0.1, -0.05) is 6.07 Å². The van der Waals surface area contributed by atoms with Crippen molar-refractivity contribution in [2.45, 2.75) is 35.2 Å². The number of ether oxygens (including phenoxy) is 1. The third-order valence-electron chi connectivity index (χ3n) is 5.16. The number of rotatable bonds is 5. The van der Waals surface area contributed by atoms with Gasteiger partial charge in [-0.05, 0) is 61.1 Å². The molecule has 30 heavy (non-hydrogen) atoms. The minimum Gasteiger partial charge on any atom is -0.397 e. The maximum Gasteiger partial charge on any atom is 0.418 e. The van der Waals surface area contributed by atoms with E-state index < -0.39 is 38.1 Å². The molecule has 4 N–H and O–H groups in total. The molecule has 1 saturated heterocycles. The van der Waals surface area contributed by atoms with Crippen LogP contribution in [-0.2, 0) is 27.2 Å². The summed E-state index contributed by atoms with van der Waals surface area (Å²) in [7, 11) is -4.34. The van der Waals surface area contributed by atoms with Crippen LogP contribution in [0.2, 0.25) is 0 Å². The van der Waals surface area contributed by atoms with Gasteiger partial charge in [-0.15, -0.1) is 0 Å². The molecule has 0 radical (unpaired) electrons. The zero-order valence-corrected chi connectivity index (χ0v) is 16.7. The highest BCUT2D eigenvalue weighted by atomic mass is 32.2. The lowest BCUT2D eigenvalue weighted by molar-refractivity contribution is -0.137. The smallest absolute Gasteiger partial charge is 0.397 e. The first-order valence-electron chi connectivity index (χ1n) is 9.23. The Hall–Kier alpha value is -2.59. The molecule has 10 heteroatoms. The summed E-state index contributed by atoms with van der Waals surface area (Å²) in [6.07, 6.45) is -3.42. The molecular weight excluding hydrogens is 421 g/mol. The number of carbonyl (C=O) groups is 1. The number of alkyl halides is 3. The third kappa shape index (κ3) is 4.44. The standard InChI is InChI=1S/C20H21F3N2O4S/c21-20(22,23)17-14(11-12-7-9-29-10-8-12)3-6-16(18(17)24)30(27,28)15-4-1-13(2-5-15)19(25)26/h1-6,12H,7-11,24H2,(H2,25,26). The van der Waals surface area contributed by atoms with E-state index >= 15 is 0 Å². The Kier molecular flexibility index (Phi) is 6.09. The number of benzene rings is 2. The fraction of sp³-hybridized carbons (Fsp3) is 0.350. The maximum atomic E-state index is 13.8. The minimum atomic E-state index is -4.81. The highest BCUT2D eigenvalue weighted by Gasteiger charge is 2.39. The number of hydrogen-bond acceptors (Lipinski definition) is 5. The van der Waals surface area contributed by atoms with Crippen LogP contribution in [-0.4, -0.2) is 27.5 Å². The van der Waals surface area contributed by atoms with Crippen molar-refractivity contribution in [2.24, 2.45) is 11.7 Å². The highest BCUT2D eigenvalue weighted by Crippen LogP contribution is 2.41. The van der Waals surface area contributed by atoms with Gasteiger partial charge in [0, 0.05) is 18.8 Å². The Morgan fingerprint density at radius 1 is 1.07 bits per heavy atom. The third-order valence-corrected chi connectivity index (χ3v) is 6.99. The second-order valence-electron chi connectivity index (χ2n) is 7.16. The zero-order chi connectivity index (χ0) is 22.1. The predicted octanol–water partition coefficient (Wildman–Crippen LogP) is 3.19. The van der Waals surface area contributed by atoms with Crippen LogP contribution in [0.15, 0.2) is 46.2 Å². The monoisotopic (exact) mass is 442 g/mol. The number of carbonyl (C=O) groups excluding carboxylic acids is 1. The molecule has 1 fully saturated rings. The van der Waals surface area contributed by atoms with Gasteiger partial charge in [0.15, 0.2) is 0 Å². The van der Waals surface area contributed by atoms with Crippen LogP contribution in [0.5, 0.6) is 0 Å². The first-order valence-corrected chi connectivity index (χ1v) is 10.7. The summed E-state index contributed by atoms with van der Waals surface area (Å²) in [5.41, 5.74) is 9.00. The molecule has 2 aromatic rings. The van der Waals surface area contributed by atoms with Crippen LogP contribution in [0.1, 0.15) is 34.3 Å². The Morgan fingerprint density at radius 3 is 2.20 bits per heavy atom. The van der Waals surface area contributed by atoms with Crippen LogP contribution >= 0.6 is 0 Å². The molecule has 0 atom stereocenters. The molecule has 1 amide bonds. The van der Waals surface area contributed by atoms with Crippen molar-refractivity contribution in [1.82, 2.24) is 0 Å². The molecule has 1 heterocycles. The predicted molar refractivity (Wildman–Crippen MR) is 104 cm³/mol. The van der Waals surface area contributed by atoms with Gasteiger partial charge in [-0.2, -0.15) is 13.2 Å². The molecule has 0 bridgehead atoms. The lowest BCUT2D eigenvalue weighted by Gasteiger charge is -2.25. The number of primary amides is 1. The average Bonchev–Trinajstić information content (AvgIpc) is 2.67. The van der Waals surface area contributed by atoms with Gasteiger partial charge in [0.2, 0.25) is 15.7 Å². The first kappa shape index (κ1) is 22.1. The molecule has 0 unspecified atom stereocenters. The number of nitrogens with two attached hydrogens (primary N) is 2. The van der Waals surface area contributed by atoms with Gasteiger partial charge in [-0.3, -0.25) is 4.79 Å². The van der Waals surface area contributed by atoms with Gasteiger partial charge in [0.05, 0.1) is 21.0 Å². The van der Waals surface area contributed by atoms with Crippen LogP contribution < -0.4 is 11.5 Å². The molecular formula is C20H21F3N2O4S. The number of halogens is 3. The molecule has 0 aromatic heterocycles. The zero-order valence-electron chi connectivity index (χ0n) is 15.9. The summed E-state index contributed by atoms with van der Waals surface area (Å²) < 4.78 is 72.6. The number of sulfone groups is 1. The lowest BCUT2D eigenvalue weighted by Crippen LogP contribution is -2.21. The Balaban J connectivity index is 2.05. The quantitative estimate of drug-likeness (QED) is 0.691. The largest absolute Gasteiger partial charge is 0.418 e. The van der Waals surface area contributed by atoms with E-state index in [0.29, 0.717) is 26.1 Å². The van der Waals surface area contributed by atoms with Gasteiger partial charge in [0.1, 0.15) is 0 Å². The number of nitrogen functional groups attached to an aromatic ring is 1. The maximum absolute atomic E-state index is 13.8. The second kappa shape index (κ2) is 8.27. The van der Waals surface area contributed by atoms with Crippen LogP contribution in [0.4, 0.5) is 18.9 Å². The highest BCUT2D eigenvalue weighted by molar-refractivity contribution is 7.91. The molecule has 3 rings (SSSR count). The van der Waals surface area contributed by atoms with Crippen molar-refractivity contribution >= 4 is 21.4 Å². The summed E-state index contributed by atoms with van der Waals surface area (Å²) in [6, 6.07) is 6.89. The fourth-order valence-corrected chi connectivity index (χ4v) is 4.96. The van der Waals surface area contributed by atoms with E-state index in [1.165, 1.54) is 18.2 Å². The van der Waals surface area contributed by atoms with E-state index in [1.807, 2.05) is 0 Å². The molecule has 2 aromatic carbocycles. The van der Waals surface area contributed by atoms with Gasteiger partial charge in [-0.25, -0.2) is 8.42 Å². The van der Waals surface area contributed by atoms with E-state index in [4.69, 9.17) is 16.2 Å². The molecule has 0 aliphatic carbocycles. The van der Waals surface area contributed by atoms with E-state index in [-0.39, 0.29) is 28.4 Å². The number of hydrogen-bond donors (Lipinski definition) is 2. The Morgan fingerprint density at radius 2 is 1.67 bits per heavy atom. The molecule has 6 nitrogen and oxygen atoms in total. The molecule has 0 saturated carbocycles.